The third-order valence-electron chi connectivity index (χ3n) is 7.52. The van der Waals surface area contributed by atoms with Crippen molar-refractivity contribution in [3.8, 4) is 11.5 Å². The van der Waals surface area contributed by atoms with Crippen LogP contribution >= 0.6 is 0 Å². The third-order valence-corrected chi connectivity index (χ3v) is 9.29. The molecule has 0 saturated carbocycles. The lowest BCUT2D eigenvalue weighted by molar-refractivity contribution is -0.140. The molecular formula is C36H41N3O6S. The predicted molar refractivity (Wildman–Crippen MR) is 179 cm³/mol. The van der Waals surface area contributed by atoms with Gasteiger partial charge >= 0.3 is 0 Å². The van der Waals surface area contributed by atoms with Crippen LogP contribution in [0, 0.1) is 6.92 Å². The number of rotatable bonds is 15. The van der Waals surface area contributed by atoms with Crippen LogP contribution in [0.15, 0.2) is 108 Å². The van der Waals surface area contributed by atoms with Crippen LogP contribution < -0.4 is 19.1 Å². The lowest BCUT2D eigenvalue weighted by atomic mass is 10.0. The van der Waals surface area contributed by atoms with E-state index in [0.717, 1.165) is 27.4 Å². The number of para-hydroxylation sites is 1. The van der Waals surface area contributed by atoms with E-state index in [4.69, 9.17) is 9.47 Å². The van der Waals surface area contributed by atoms with E-state index in [1.54, 1.807) is 30.3 Å². The van der Waals surface area contributed by atoms with Crippen molar-refractivity contribution in [1.82, 2.24) is 10.2 Å². The van der Waals surface area contributed by atoms with Crippen molar-refractivity contribution in [3.05, 3.63) is 120 Å². The van der Waals surface area contributed by atoms with E-state index in [9.17, 15) is 18.0 Å². The van der Waals surface area contributed by atoms with E-state index in [1.807, 2.05) is 68.4 Å². The molecule has 10 heteroatoms. The molecule has 4 aromatic rings. The first-order valence-corrected chi connectivity index (χ1v) is 16.6. The number of ether oxygens (including phenoxy) is 2. The number of methoxy groups -OCH3 is 2. The molecule has 0 saturated heterocycles. The molecule has 0 aliphatic carbocycles. The number of amides is 2. The molecule has 0 bridgehead atoms. The van der Waals surface area contributed by atoms with E-state index in [2.05, 4.69) is 5.32 Å². The lowest BCUT2D eigenvalue weighted by Gasteiger charge is -2.34. The molecule has 242 valence electrons. The topological polar surface area (TPSA) is 105 Å². The summed E-state index contributed by atoms with van der Waals surface area (Å²) in [6.07, 6.45) is 0.975. The zero-order valence-electron chi connectivity index (χ0n) is 26.7. The van der Waals surface area contributed by atoms with Gasteiger partial charge in [0.2, 0.25) is 11.8 Å². The second-order valence-electron chi connectivity index (χ2n) is 10.9. The molecular weight excluding hydrogens is 602 g/mol. The third kappa shape index (κ3) is 8.45. The predicted octanol–water partition coefficient (Wildman–Crippen LogP) is 5.37. The van der Waals surface area contributed by atoms with Crippen LogP contribution in [0.5, 0.6) is 11.5 Å². The maximum Gasteiger partial charge on any atom is 0.264 e. The van der Waals surface area contributed by atoms with Crippen molar-refractivity contribution in [2.45, 2.75) is 44.2 Å². The van der Waals surface area contributed by atoms with E-state index in [1.165, 1.54) is 37.3 Å². The Morgan fingerprint density at radius 3 is 2.09 bits per heavy atom. The minimum Gasteiger partial charge on any atom is -0.493 e. The average Bonchev–Trinajstić information content (AvgIpc) is 3.07. The van der Waals surface area contributed by atoms with Crippen molar-refractivity contribution in [2.75, 3.05) is 31.6 Å². The molecule has 2 amide bonds. The van der Waals surface area contributed by atoms with Crippen LogP contribution in [0.3, 0.4) is 0 Å². The molecule has 0 fully saturated rings. The second-order valence-corrected chi connectivity index (χ2v) is 12.7. The van der Waals surface area contributed by atoms with Crippen LogP contribution in [-0.4, -0.2) is 58.5 Å². The molecule has 0 heterocycles. The largest absolute Gasteiger partial charge is 0.493 e. The standard InChI is InChI=1S/C36H41N3O6S/c1-5-21-37-36(41)32(23-28-14-8-6-9-15-28)38(25-29-16-12-13-27(2)22-29)35(40)26-39(30-17-10-7-11-18-30)46(42,43)31-19-20-33(44-3)34(24-31)45-4/h6-20,22,24,32H,5,21,23,25-26H2,1-4H3,(H,37,41)/t32-/m1/s1. The Morgan fingerprint density at radius 1 is 0.804 bits per heavy atom. The summed E-state index contributed by atoms with van der Waals surface area (Å²) >= 11 is 0. The molecule has 1 N–H and O–H groups in total. The number of nitrogens with zero attached hydrogens (tertiary/aromatic N) is 2. The fraction of sp³-hybridized carbons (Fsp3) is 0.278. The highest BCUT2D eigenvalue weighted by molar-refractivity contribution is 7.92. The molecule has 0 aliphatic heterocycles. The zero-order chi connectivity index (χ0) is 33.1. The minimum absolute atomic E-state index is 0.0754. The van der Waals surface area contributed by atoms with Gasteiger partial charge in [0.1, 0.15) is 12.6 Å². The van der Waals surface area contributed by atoms with Gasteiger partial charge in [0, 0.05) is 25.6 Å². The van der Waals surface area contributed by atoms with E-state index < -0.39 is 28.5 Å². The summed E-state index contributed by atoms with van der Waals surface area (Å²) in [4.78, 5) is 29.7. The van der Waals surface area contributed by atoms with Gasteiger partial charge in [-0.05, 0) is 48.7 Å². The van der Waals surface area contributed by atoms with Crippen LogP contribution in [0.1, 0.15) is 30.0 Å². The fourth-order valence-electron chi connectivity index (χ4n) is 5.15. The van der Waals surface area contributed by atoms with Gasteiger partial charge in [-0.2, -0.15) is 0 Å². The molecule has 0 aliphatic rings. The normalized spacial score (nSPS) is 11.7. The number of carbonyl (C=O) groups excluding carboxylic acids is 2. The van der Waals surface area contributed by atoms with Crippen LogP contribution in [0.4, 0.5) is 5.69 Å². The Labute approximate surface area is 271 Å². The summed E-state index contributed by atoms with van der Waals surface area (Å²) in [6.45, 7) is 3.92. The number of carbonyl (C=O) groups is 2. The van der Waals surface area contributed by atoms with Gasteiger partial charge in [-0.1, -0.05) is 85.3 Å². The first-order valence-electron chi connectivity index (χ1n) is 15.1. The molecule has 0 spiro atoms. The first-order chi connectivity index (χ1) is 22.2. The van der Waals surface area contributed by atoms with Gasteiger partial charge < -0.3 is 19.7 Å². The SMILES string of the molecule is CCCNC(=O)[C@@H](Cc1ccccc1)N(Cc1cccc(C)c1)C(=O)CN(c1ccccc1)S(=O)(=O)c1ccc(OC)c(OC)c1. The van der Waals surface area contributed by atoms with E-state index >= 15 is 0 Å². The van der Waals surface area contributed by atoms with Crippen LogP contribution in [0.25, 0.3) is 0 Å². The Balaban J connectivity index is 1.80. The Bertz CT molecular complexity index is 1710. The molecule has 46 heavy (non-hydrogen) atoms. The van der Waals surface area contributed by atoms with Gasteiger partial charge in [-0.25, -0.2) is 8.42 Å². The summed E-state index contributed by atoms with van der Waals surface area (Å²) < 4.78 is 40.3. The number of anilines is 1. The van der Waals surface area contributed by atoms with Gasteiger partial charge in [0.15, 0.2) is 11.5 Å². The van der Waals surface area contributed by atoms with Gasteiger partial charge in [-0.15, -0.1) is 0 Å². The lowest BCUT2D eigenvalue weighted by Crippen LogP contribution is -2.53. The average molecular weight is 644 g/mol. The van der Waals surface area contributed by atoms with Crippen molar-refractivity contribution < 1.29 is 27.5 Å². The summed E-state index contributed by atoms with van der Waals surface area (Å²) in [5.74, 6) is -0.225. The molecule has 0 aromatic heterocycles. The van der Waals surface area contributed by atoms with Gasteiger partial charge in [-0.3, -0.25) is 13.9 Å². The maximum absolute atomic E-state index is 14.5. The Morgan fingerprint density at radius 2 is 1.46 bits per heavy atom. The number of nitrogens with one attached hydrogen (secondary N) is 1. The van der Waals surface area contributed by atoms with Gasteiger partial charge in [0.05, 0.1) is 24.8 Å². The quantitative estimate of drug-likeness (QED) is 0.187. The highest BCUT2D eigenvalue weighted by Gasteiger charge is 2.35. The second kappa shape index (κ2) is 15.9. The number of sulfonamides is 1. The summed E-state index contributed by atoms with van der Waals surface area (Å²) in [5.41, 5.74) is 3.00. The number of hydrogen-bond donors (Lipinski definition) is 1. The molecule has 4 rings (SSSR count). The highest BCUT2D eigenvalue weighted by Crippen LogP contribution is 2.32. The molecule has 0 radical (unpaired) electrons. The molecule has 4 aromatic carbocycles. The minimum atomic E-state index is -4.29. The number of aryl methyl sites for hydroxylation is 1. The maximum atomic E-state index is 14.5. The summed E-state index contributed by atoms with van der Waals surface area (Å²) in [7, 11) is -1.40. The molecule has 0 unspecified atom stereocenters. The van der Waals surface area contributed by atoms with Crippen molar-refractivity contribution >= 4 is 27.5 Å². The summed E-state index contributed by atoms with van der Waals surface area (Å²) in [5, 5.41) is 2.96. The molecule has 1 atom stereocenters. The number of hydrogen-bond acceptors (Lipinski definition) is 6. The number of benzene rings is 4. The zero-order valence-corrected chi connectivity index (χ0v) is 27.5. The van der Waals surface area contributed by atoms with Crippen LogP contribution in [-0.2, 0) is 32.6 Å². The van der Waals surface area contributed by atoms with Crippen molar-refractivity contribution in [2.24, 2.45) is 0 Å². The van der Waals surface area contributed by atoms with Crippen molar-refractivity contribution in [3.63, 3.8) is 0 Å². The van der Waals surface area contributed by atoms with Crippen molar-refractivity contribution in [1.29, 1.82) is 0 Å². The Kier molecular flexibility index (Phi) is 11.8. The first kappa shape index (κ1) is 34.1. The monoisotopic (exact) mass is 643 g/mol. The Hall–Kier alpha value is -4.83. The highest BCUT2D eigenvalue weighted by atomic mass is 32.2. The fourth-order valence-corrected chi connectivity index (χ4v) is 6.58. The summed E-state index contributed by atoms with van der Waals surface area (Å²) in [6, 6.07) is 29.0. The smallest absolute Gasteiger partial charge is 0.264 e. The molecule has 9 nitrogen and oxygen atoms in total. The van der Waals surface area contributed by atoms with Gasteiger partial charge in [0.25, 0.3) is 10.0 Å². The van der Waals surface area contributed by atoms with E-state index in [-0.39, 0.29) is 29.5 Å². The van der Waals surface area contributed by atoms with E-state index in [0.29, 0.717) is 18.0 Å². The van der Waals surface area contributed by atoms with Crippen LogP contribution in [0.2, 0.25) is 0 Å².